The van der Waals surface area contributed by atoms with Gasteiger partial charge in [-0.3, -0.25) is 19.2 Å². The Labute approximate surface area is 267 Å². The molecule has 1 heterocycles. The molecule has 3 amide bonds. The first-order valence-corrected chi connectivity index (χ1v) is 16.4. The lowest BCUT2D eigenvalue weighted by Gasteiger charge is -2.34. The number of hydrogen-bond donors (Lipinski definition) is 2. The number of halogens is 1. The van der Waals surface area contributed by atoms with E-state index in [9.17, 15) is 19.2 Å². The fraction of sp³-hybridized carbons (Fsp3) is 0.556. The van der Waals surface area contributed by atoms with E-state index in [4.69, 9.17) is 0 Å². The molecule has 9 heteroatoms. The molecule has 0 bridgehead atoms. The number of benzene rings is 2. The van der Waals surface area contributed by atoms with Crippen molar-refractivity contribution >= 4 is 29.2 Å². The first-order chi connectivity index (χ1) is 21.5. The predicted octanol–water partition coefficient (Wildman–Crippen LogP) is 5.11. The van der Waals surface area contributed by atoms with Crippen LogP contribution in [0.2, 0.25) is 0 Å². The summed E-state index contributed by atoms with van der Waals surface area (Å²) in [6, 6.07) is 13.3. The van der Waals surface area contributed by atoms with Crippen molar-refractivity contribution in [1.29, 1.82) is 0 Å². The lowest BCUT2D eigenvalue weighted by Crippen LogP contribution is -2.54. The first kappa shape index (κ1) is 34.3. The van der Waals surface area contributed by atoms with E-state index in [2.05, 4.69) is 15.5 Å². The molecular weight excluding hydrogens is 571 g/mol. The molecule has 1 saturated heterocycles. The Balaban J connectivity index is 1.48. The molecule has 45 heavy (non-hydrogen) atoms. The summed E-state index contributed by atoms with van der Waals surface area (Å²) in [4.78, 5) is 56.9. The van der Waals surface area contributed by atoms with Crippen molar-refractivity contribution in [2.24, 2.45) is 11.8 Å². The van der Waals surface area contributed by atoms with Crippen LogP contribution in [0.1, 0.15) is 76.8 Å². The zero-order valence-corrected chi connectivity index (χ0v) is 27.2. The van der Waals surface area contributed by atoms with E-state index >= 15 is 4.39 Å². The molecule has 1 aliphatic heterocycles. The average Bonchev–Trinajstić information content (AvgIpc) is 3.05. The minimum atomic E-state index is -0.810. The van der Waals surface area contributed by atoms with Crippen LogP contribution in [0.15, 0.2) is 48.5 Å². The van der Waals surface area contributed by atoms with Gasteiger partial charge in [0.15, 0.2) is 0 Å². The second kappa shape index (κ2) is 15.6. The van der Waals surface area contributed by atoms with Gasteiger partial charge in [0, 0.05) is 56.8 Å². The lowest BCUT2D eigenvalue weighted by molar-refractivity contribution is -0.137. The van der Waals surface area contributed by atoms with Crippen molar-refractivity contribution in [3.63, 3.8) is 0 Å². The number of amides is 3. The number of likely N-dealkylation sites (N-methyl/N-ethyl adjacent to an activating group) is 1. The number of rotatable bonds is 12. The van der Waals surface area contributed by atoms with E-state index in [1.807, 2.05) is 51.2 Å². The quantitative estimate of drug-likeness (QED) is 0.344. The number of carbonyl (C=O) groups is 4. The minimum absolute atomic E-state index is 0.0135. The minimum Gasteiger partial charge on any atom is -0.344 e. The van der Waals surface area contributed by atoms with Crippen LogP contribution >= 0.6 is 0 Å². The molecule has 2 aromatic rings. The number of hydrogen-bond acceptors (Lipinski definition) is 5. The number of ketones is 1. The highest BCUT2D eigenvalue weighted by Crippen LogP contribution is 2.36. The molecule has 2 atom stereocenters. The fourth-order valence-corrected chi connectivity index (χ4v) is 6.47. The van der Waals surface area contributed by atoms with Gasteiger partial charge < -0.3 is 20.4 Å². The van der Waals surface area contributed by atoms with Crippen LogP contribution in [-0.4, -0.2) is 72.6 Å². The van der Waals surface area contributed by atoms with Gasteiger partial charge in [-0.2, -0.15) is 0 Å². The molecule has 0 unspecified atom stereocenters. The van der Waals surface area contributed by atoms with Gasteiger partial charge in [0.05, 0.1) is 5.69 Å². The Morgan fingerprint density at radius 3 is 2.24 bits per heavy atom. The Hall–Kier alpha value is -3.59. The predicted molar refractivity (Wildman–Crippen MR) is 174 cm³/mol. The van der Waals surface area contributed by atoms with E-state index < -0.39 is 23.2 Å². The van der Waals surface area contributed by atoms with E-state index in [1.54, 1.807) is 17.9 Å². The number of nitrogens with one attached hydrogen (secondary N) is 2. The van der Waals surface area contributed by atoms with E-state index in [-0.39, 0.29) is 54.4 Å². The summed E-state index contributed by atoms with van der Waals surface area (Å²) in [5.41, 5.74) is 0.725. The highest BCUT2D eigenvalue weighted by atomic mass is 19.1. The third kappa shape index (κ3) is 9.00. The summed E-state index contributed by atoms with van der Waals surface area (Å²) < 4.78 is 15.5. The molecule has 2 aliphatic rings. The van der Waals surface area contributed by atoms with Crippen LogP contribution in [0.25, 0.3) is 0 Å². The van der Waals surface area contributed by atoms with Crippen LogP contribution in [0.5, 0.6) is 0 Å². The van der Waals surface area contributed by atoms with Crippen LogP contribution in [0.3, 0.4) is 0 Å². The maximum atomic E-state index is 15.5. The number of carbonyl (C=O) groups excluding carboxylic acids is 4. The Morgan fingerprint density at radius 1 is 0.956 bits per heavy atom. The van der Waals surface area contributed by atoms with Gasteiger partial charge in [-0.25, -0.2) is 4.39 Å². The summed E-state index contributed by atoms with van der Waals surface area (Å²) in [7, 11) is 2.00. The normalized spacial score (nSPS) is 17.8. The molecule has 1 saturated carbocycles. The summed E-state index contributed by atoms with van der Waals surface area (Å²) >= 11 is 0. The van der Waals surface area contributed by atoms with Gasteiger partial charge in [-0.1, -0.05) is 62.6 Å². The van der Waals surface area contributed by atoms with E-state index in [0.29, 0.717) is 18.7 Å². The largest absolute Gasteiger partial charge is 0.344 e. The van der Waals surface area contributed by atoms with Gasteiger partial charge in [0.1, 0.15) is 17.6 Å². The number of piperazine rings is 1. The lowest BCUT2D eigenvalue weighted by atomic mass is 9.72. The first-order valence-electron chi connectivity index (χ1n) is 16.4. The molecule has 4 rings (SSSR count). The van der Waals surface area contributed by atoms with Gasteiger partial charge in [-0.05, 0) is 62.9 Å². The summed E-state index contributed by atoms with van der Waals surface area (Å²) in [6.45, 7) is 8.15. The highest BCUT2D eigenvalue weighted by Gasteiger charge is 2.37. The van der Waals surface area contributed by atoms with Crippen molar-refractivity contribution < 1.29 is 23.6 Å². The van der Waals surface area contributed by atoms with Gasteiger partial charge in [-0.15, -0.1) is 0 Å². The molecule has 2 fully saturated rings. The maximum Gasteiger partial charge on any atom is 0.245 e. The van der Waals surface area contributed by atoms with Crippen LogP contribution < -0.4 is 10.6 Å². The second-order valence-corrected chi connectivity index (χ2v) is 13.2. The van der Waals surface area contributed by atoms with Crippen LogP contribution in [0, 0.1) is 17.7 Å². The molecule has 2 aromatic carbocycles. The van der Waals surface area contributed by atoms with E-state index in [0.717, 1.165) is 50.8 Å². The van der Waals surface area contributed by atoms with Crippen LogP contribution in [0.4, 0.5) is 10.1 Å². The zero-order valence-electron chi connectivity index (χ0n) is 27.2. The average molecular weight is 621 g/mol. The van der Waals surface area contributed by atoms with Crippen molar-refractivity contribution in [2.45, 2.75) is 83.6 Å². The Bertz CT molecular complexity index is 1330. The van der Waals surface area contributed by atoms with Crippen molar-refractivity contribution in [3.05, 3.63) is 65.5 Å². The molecule has 8 nitrogen and oxygen atoms in total. The van der Waals surface area contributed by atoms with Gasteiger partial charge in [0.25, 0.3) is 0 Å². The topological polar surface area (TPSA) is 98.8 Å². The van der Waals surface area contributed by atoms with Gasteiger partial charge in [0.2, 0.25) is 17.7 Å². The van der Waals surface area contributed by atoms with E-state index in [1.165, 1.54) is 12.1 Å². The number of Topliss-reactive ketones (excluding diaryl/α,β-unsaturated/α-hetero) is 1. The second-order valence-electron chi connectivity index (χ2n) is 13.2. The standard InChI is InChI=1S/C36H49FN4O4/c1-5-33(43)38-31(35(45)41-20-18-40(4)19-21-41)23-25-16-17-30(29(37)22-25)39-34(44)28(26-12-8-6-9-13-26)24-32(42)36(2,3)27-14-10-7-11-15-27/h7,10-11,14-17,22,26,28,31H,5-6,8-9,12-13,18-21,23-24H2,1-4H3,(H,38,43)(H,39,44)/t28-,31+/m0/s1. The highest BCUT2D eigenvalue weighted by molar-refractivity contribution is 5.98. The molecule has 244 valence electrons. The van der Waals surface area contributed by atoms with Crippen molar-refractivity contribution in [1.82, 2.24) is 15.1 Å². The summed E-state index contributed by atoms with van der Waals surface area (Å²) in [5, 5.41) is 5.60. The van der Waals surface area contributed by atoms with Crippen LogP contribution in [-0.2, 0) is 31.0 Å². The maximum absolute atomic E-state index is 15.5. The monoisotopic (exact) mass is 620 g/mol. The zero-order chi connectivity index (χ0) is 32.6. The number of anilines is 1. The smallest absolute Gasteiger partial charge is 0.245 e. The number of nitrogens with zero attached hydrogens (tertiary/aromatic N) is 2. The summed E-state index contributed by atoms with van der Waals surface area (Å²) in [6.07, 6.45) is 5.32. The van der Waals surface area contributed by atoms with Crippen molar-refractivity contribution in [3.8, 4) is 0 Å². The molecular formula is C36H49FN4O4. The molecule has 0 radical (unpaired) electrons. The fourth-order valence-electron chi connectivity index (χ4n) is 6.47. The SMILES string of the molecule is CCC(=O)N[C@H](Cc1ccc(NC(=O)[C@@H](CC(=O)C(C)(C)c2ccccc2)C2CCCCC2)c(F)c1)C(=O)N1CCN(C)CC1. The molecule has 1 aliphatic carbocycles. The third-order valence-corrected chi connectivity index (χ3v) is 9.65. The Morgan fingerprint density at radius 2 is 1.62 bits per heavy atom. The molecule has 2 N–H and O–H groups in total. The summed E-state index contributed by atoms with van der Waals surface area (Å²) in [5.74, 6) is -1.90. The van der Waals surface area contributed by atoms with Crippen molar-refractivity contribution in [2.75, 3.05) is 38.5 Å². The molecule has 0 aromatic heterocycles. The third-order valence-electron chi connectivity index (χ3n) is 9.65. The Kier molecular flexibility index (Phi) is 11.9. The van der Waals surface area contributed by atoms with Gasteiger partial charge >= 0.3 is 0 Å². The molecule has 0 spiro atoms.